The fourth-order valence-electron chi connectivity index (χ4n) is 5.15. The van der Waals surface area contributed by atoms with E-state index in [2.05, 4.69) is 38.5 Å². The highest BCUT2D eigenvalue weighted by Gasteiger charge is 2.35. The second-order valence-electron chi connectivity index (χ2n) is 10.2. The van der Waals surface area contributed by atoms with Gasteiger partial charge in [-0.1, -0.05) is 87.9 Å². The maximum atomic E-state index is 14.4. The lowest BCUT2D eigenvalue weighted by Gasteiger charge is -2.25. The fourth-order valence-corrected chi connectivity index (χ4v) is 7.85. The van der Waals surface area contributed by atoms with Crippen molar-refractivity contribution in [1.82, 2.24) is 4.57 Å². The third-order valence-electron chi connectivity index (χ3n) is 7.21. The molecule has 1 aliphatic rings. The van der Waals surface area contributed by atoms with Crippen LogP contribution in [0.5, 0.6) is 5.75 Å². The van der Waals surface area contributed by atoms with E-state index in [4.69, 9.17) is 14.5 Å². The lowest BCUT2D eigenvalue weighted by atomic mass is 9.93. The molecule has 4 aromatic carbocycles. The molecule has 0 spiro atoms. The maximum Gasteiger partial charge on any atom is 0.338 e. The monoisotopic (exact) mass is 812 g/mol. The molecule has 232 valence electrons. The van der Waals surface area contributed by atoms with Crippen LogP contribution in [0.1, 0.15) is 35.2 Å². The summed E-state index contributed by atoms with van der Waals surface area (Å²) in [6.45, 7) is 1.80. The van der Waals surface area contributed by atoms with Crippen LogP contribution < -0.4 is 19.6 Å². The van der Waals surface area contributed by atoms with Crippen molar-refractivity contribution < 1.29 is 23.0 Å². The van der Waals surface area contributed by atoms with Crippen molar-refractivity contribution in [3.63, 3.8) is 0 Å². The van der Waals surface area contributed by atoms with E-state index in [-0.39, 0.29) is 24.6 Å². The van der Waals surface area contributed by atoms with E-state index in [9.17, 15) is 18.4 Å². The zero-order chi connectivity index (χ0) is 32.4. The van der Waals surface area contributed by atoms with Gasteiger partial charge < -0.3 is 9.47 Å². The standard InChI is InChI=1S/C35H24BrF2IN2O4S/c1-2-44-34(43)29-30(20-8-4-3-5-9-20)40-35-41(31(29)21-12-14-25(37)15-13-21)33(42)28(46-35)17-23-16-24(36)18-27(39)32(23)45-19-22-10-6-7-11-26(22)38/h3-18,31H,2,19H2,1H3/b28-17-/t31-/m1/s1. The number of thiazole rings is 1. The average Bonchev–Trinajstić information content (AvgIpc) is 3.35. The molecular formula is C35H24BrF2IN2O4S. The molecule has 0 saturated heterocycles. The minimum absolute atomic E-state index is 0.0136. The minimum Gasteiger partial charge on any atom is -0.487 e. The molecule has 11 heteroatoms. The highest BCUT2D eigenvalue weighted by atomic mass is 127. The second-order valence-corrected chi connectivity index (χ2v) is 13.3. The van der Waals surface area contributed by atoms with Gasteiger partial charge in [-0.05, 0) is 71.5 Å². The molecule has 0 unspecified atom stereocenters. The van der Waals surface area contributed by atoms with Gasteiger partial charge in [-0.25, -0.2) is 18.6 Å². The molecular weight excluding hydrogens is 789 g/mol. The Balaban J connectivity index is 1.56. The number of hydrogen-bond acceptors (Lipinski definition) is 6. The van der Waals surface area contributed by atoms with Gasteiger partial charge in [0.2, 0.25) is 0 Å². The largest absolute Gasteiger partial charge is 0.487 e. The van der Waals surface area contributed by atoms with Crippen LogP contribution in [0.3, 0.4) is 0 Å². The number of fused-ring (bicyclic) bond motifs is 1. The number of rotatable bonds is 8. The topological polar surface area (TPSA) is 69.9 Å². The Labute approximate surface area is 288 Å². The van der Waals surface area contributed by atoms with Gasteiger partial charge >= 0.3 is 5.97 Å². The van der Waals surface area contributed by atoms with Crippen LogP contribution in [0, 0.1) is 15.2 Å². The summed E-state index contributed by atoms with van der Waals surface area (Å²) in [6.07, 6.45) is 1.70. The number of halogens is 4. The molecule has 2 heterocycles. The molecule has 0 bridgehead atoms. The molecule has 1 aliphatic heterocycles. The molecule has 6 rings (SSSR count). The predicted molar refractivity (Wildman–Crippen MR) is 185 cm³/mol. The molecule has 0 fully saturated rings. The summed E-state index contributed by atoms with van der Waals surface area (Å²) in [6, 6.07) is 24.0. The summed E-state index contributed by atoms with van der Waals surface area (Å²) in [5.41, 5.74) is 2.31. The molecule has 1 aromatic heterocycles. The molecule has 0 N–H and O–H groups in total. The van der Waals surface area contributed by atoms with Crippen molar-refractivity contribution in [3.8, 4) is 5.75 Å². The number of aromatic nitrogens is 1. The summed E-state index contributed by atoms with van der Waals surface area (Å²) in [5.74, 6) is -0.977. The number of esters is 1. The van der Waals surface area contributed by atoms with E-state index in [1.165, 1.54) is 22.8 Å². The number of hydrogen-bond donors (Lipinski definition) is 0. The summed E-state index contributed by atoms with van der Waals surface area (Å²) >= 11 is 6.83. The van der Waals surface area contributed by atoms with E-state index in [1.54, 1.807) is 43.3 Å². The van der Waals surface area contributed by atoms with Crippen LogP contribution in [0.2, 0.25) is 0 Å². The van der Waals surface area contributed by atoms with E-state index >= 15 is 0 Å². The van der Waals surface area contributed by atoms with Gasteiger partial charge in [0.1, 0.15) is 24.0 Å². The highest BCUT2D eigenvalue weighted by Crippen LogP contribution is 2.36. The normalized spacial score (nSPS) is 14.5. The molecule has 0 aliphatic carbocycles. The molecule has 6 nitrogen and oxygen atoms in total. The van der Waals surface area contributed by atoms with E-state index in [0.717, 1.165) is 19.4 Å². The summed E-state index contributed by atoms with van der Waals surface area (Å²) in [5, 5.41) is 0. The van der Waals surface area contributed by atoms with Crippen LogP contribution in [0.25, 0.3) is 11.8 Å². The van der Waals surface area contributed by atoms with Crippen LogP contribution in [0.4, 0.5) is 8.78 Å². The molecule has 0 amide bonds. The Morgan fingerprint density at radius 3 is 2.48 bits per heavy atom. The Bertz CT molecular complexity index is 2170. The third kappa shape index (κ3) is 6.49. The lowest BCUT2D eigenvalue weighted by Crippen LogP contribution is -2.40. The molecule has 46 heavy (non-hydrogen) atoms. The first-order valence-corrected chi connectivity index (χ1v) is 16.8. The zero-order valence-electron chi connectivity index (χ0n) is 24.2. The van der Waals surface area contributed by atoms with E-state index < -0.39 is 23.4 Å². The fraction of sp³-hybridized carbons (Fsp3) is 0.114. The molecule has 5 aromatic rings. The van der Waals surface area contributed by atoms with Crippen molar-refractivity contribution in [2.75, 3.05) is 6.61 Å². The van der Waals surface area contributed by atoms with Crippen LogP contribution in [-0.2, 0) is 16.1 Å². The first-order valence-electron chi connectivity index (χ1n) is 14.1. The Morgan fingerprint density at radius 2 is 1.76 bits per heavy atom. The van der Waals surface area contributed by atoms with Gasteiger partial charge in [0.25, 0.3) is 5.56 Å². The number of nitrogens with zero attached hydrogens (tertiary/aromatic N) is 2. The SMILES string of the molecule is CCOC(=O)C1=C(c2ccccc2)N=c2s/c(=C\c3cc(Br)cc(I)c3OCc3ccccc3F)c(=O)n2[C@@H]1c1ccc(F)cc1. The first kappa shape index (κ1) is 32.0. The number of carbonyl (C=O) groups is 1. The number of benzene rings is 4. The van der Waals surface area contributed by atoms with E-state index in [1.807, 2.05) is 42.5 Å². The van der Waals surface area contributed by atoms with Crippen molar-refractivity contribution in [2.45, 2.75) is 19.6 Å². The van der Waals surface area contributed by atoms with Crippen molar-refractivity contribution in [3.05, 3.63) is 158 Å². The van der Waals surface area contributed by atoms with Gasteiger partial charge in [0, 0.05) is 21.2 Å². The molecule has 1 atom stereocenters. The summed E-state index contributed by atoms with van der Waals surface area (Å²) < 4.78 is 43.3. The predicted octanol–water partition coefficient (Wildman–Crippen LogP) is 7.16. The zero-order valence-corrected chi connectivity index (χ0v) is 28.7. The molecule has 0 radical (unpaired) electrons. The first-order chi connectivity index (χ1) is 22.2. The van der Waals surface area contributed by atoms with Crippen LogP contribution in [-0.4, -0.2) is 17.1 Å². The van der Waals surface area contributed by atoms with Gasteiger partial charge in [-0.15, -0.1) is 0 Å². The van der Waals surface area contributed by atoms with Crippen LogP contribution in [0.15, 0.2) is 111 Å². The lowest BCUT2D eigenvalue weighted by molar-refractivity contribution is -0.138. The summed E-state index contributed by atoms with van der Waals surface area (Å²) in [7, 11) is 0. The summed E-state index contributed by atoms with van der Waals surface area (Å²) in [4.78, 5) is 33.1. The van der Waals surface area contributed by atoms with Gasteiger partial charge in [-0.2, -0.15) is 0 Å². The Kier molecular flexibility index (Phi) is 9.62. The third-order valence-corrected chi connectivity index (χ3v) is 9.46. The minimum atomic E-state index is -0.937. The van der Waals surface area contributed by atoms with Crippen molar-refractivity contribution in [2.24, 2.45) is 4.99 Å². The quantitative estimate of drug-likeness (QED) is 0.123. The van der Waals surface area contributed by atoms with Crippen LogP contribution >= 0.6 is 49.9 Å². The van der Waals surface area contributed by atoms with Crippen molar-refractivity contribution >= 4 is 67.6 Å². The molecule has 0 saturated carbocycles. The van der Waals surface area contributed by atoms with Crippen molar-refractivity contribution in [1.29, 1.82) is 0 Å². The van der Waals surface area contributed by atoms with E-state index in [0.29, 0.717) is 43.0 Å². The second kappa shape index (κ2) is 13.8. The van der Waals surface area contributed by atoms with Gasteiger partial charge in [0.15, 0.2) is 4.80 Å². The average molecular weight is 813 g/mol. The smallest absolute Gasteiger partial charge is 0.338 e. The maximum absolute atomic E-state index is 14.4. The Morgan fingerprint density at radius 1 is 1.04 bits per heavy atom. The van der Waals surface area contributed by atoms with Gasteiger partial charge in [-0.3, -0.25) is 9.36 Å². The Hall–Kier alpha value is -3.94. The number of carbonyl (C=O) groups excluding carboxylic acids is 1. The van der Waals surface area contributed by atoms with Gasteiger partial charge in [0.05, 0.1) is 32.0 Å². The highest BCUT2D eigenvalue weighted by molar-refractivity contribution is 14.1. The number of ether oxygens (including phenoxy) is 2.